The van der Waals surface area contributed by atoms with Gasteiger partial charge in [-0.05, 0) is 30.3 Å². The Bertz CT molecular complexity index is 709. The van der Waals surface area contributed by atoms with Crippen molar-refractivity contribution < 1.29 is 19.0 Å². The van der Waals surface area contributed by atoms with Crippen LogP contribution < -0.4 is 14.2 Å². The molecule has 1 saturated heterocycles. The van der Waals surface area contributed by atoms with Crippen molar-refractivity contribution in [3.05, 3.63) is 54.1 Å². The number of amides is 1. The van der Waals surface area contributed by atoms with Crippen LogP contribution in [-0.2, 0) is 0 Å². The van der Waals surface area contributed by atoms with Crippen LogP contribution in [0.3, 0.4) is 0 Å². The Labute approximate surface area is 148 Å². The Hall–Kier alpha value is -2.69. The highest BCUT2D eigenvalue weighted by molar-refractivity contribution is 5.95. The zero-order chi connectivity index (χ0) is 17.6. The summed E-state index contributed by atoms with van der Waals surface area (Å²) in [5.41, 5.74) is 0.611. The standard InChI is InChI=1S/C20H23NO4/c1-23-18-9-8-15(14-19(18)24-2)20(22)21-12-10-17(11-13-21)25-16-6-4-3-5-7-16/h3-9,14,17H,10-13H2,1-2H3. The number of benzene rings is 2. The Morgan fingerprint density at radius 2 is 1.64 bits per heavy atom. The number of hydrogen-bond donors (Lipinski definition) is 0. The minimum atomic E-state index is 0.0131. The molecule has 0 N–H and O–H groups in total. The van der Waals surface area contributed by atoms with Crippen LogP contribution in [0.1, 0.15) is 23.2 Å². The highest BCUT2D eigenvalue weighted by atomic mass is 16.5. The van der Waals surface area contributed by atoms with Gasteiger partial charge in [0.2, 0.25) is 0 Å². The molecule has 1 heterocycles. The van der Waals surface area contributed by atoms with Crippen LogP contribution in [0.4, 0.5) is 0 Å². The lowest BCUT2D eigenvalue weighted by Gasteiger charge is -2.32. The zero-order valence-corrected chi connectivity index (χ0v) is 14.6. The van der Waals surface area contributed by atoms with Crippen LogP contribution in [0.15, 0.2) is 48.5 Å². The van der Waals surface area contributed by atoms with E-state index < -0.39 is 0 Å². The number of hydrogen-bond acceptors (Lipinski definition) is 4. The predicted octanol–water partition coefficient (Wildman–Crippen LogP) is 3.39. The van der Waals surface area contributed by atoms with Gasteiger partial charge in [-0.15, -0.1) is 0 Å². The van der Waals surface area contributed by atoms with E-state index in [0.29, 0.717) is 30.2 Å². The third-order valence-corrected chi connectivity index (χ3v) is 4.41. The van der Waals surface area contributed by atoms with E-state index in [1.165, 1.54) is 0 Å². The lowest BCUT2D eigenvalue weighted by molar-refractivity contribution is 0.0595. The van der Waals surface area contributed by atoms with E-state index in [0.717, 1.165) is 18.6 Å². The Kier molecular flexibility index (Phi) is 5.43. The van der Waals surface area contributed by atoms with E-state index >= 15 is 0 Å². The molecule has 0 saturated carbocycles. The van der Waals surface area contributed by atoms with Crippen LogP contribution in [0.25, 0.3) is 0 Å². The summed E-state index contributed by atoms with van der Waals surface area (Å²) in [4.78, 5) is 14.6. The van der Waals surface area contributed by atoms with Gasteiger partial charge in [0.05, 0.1) is 14.2 Å². The van der Waals surface area contributed by atoms with Gasteiger partial charge in [-0.25, -0.2) is 0 Å². The van der Waals surface area contributed by atoms with E-state index in [1.807, 2.05) is 35.2 Å². The van der Waals surface area contributed by atoms with Crippen LogP contribution in [-0.4, -0.2) is 44.2 Å². The van der Waals surface area contributed by atoms with Crippen LogP contribution in [0.5, 0.6) is 17.2 Å². The molecule has 0 spiro atoms. The van der Waals surface area contributed by atoms with Gasteiger partial charge in [-0.2, -0.15) is 0 Å². The minimum Gasteiger partial charge on any atom is -0.493 e. The molecule has 1 amide bonds. The maximum atomic E-state index is 12.7. The third kappa shape index (κ3) is 4.05. The van der Waals surface area contributed by atoms with Gasteiger partial charge >= 0.3 is 0 Å². The number of piperidine rings is 1. The highest BCUT2D eigenvalue weighted by Crippen LogP contribution is 2.28. The fourth-order valence-corrected chi connectivity index (χ4v) is 3.02. The fourth-order valence-electron chi connectivity index (χ4n) is 3.02. The number of carbonyl (C=O) groups is 1. The molecule has 0 unspecified atom stereocenters. The number of likely N-dealkylation sites (tertiary alicyclic amines) is 1. The van der Waals surface area contributed by atoms with Gasteiger partial charge < -0.3 is 19.1 Å². The van der Waals surface area contributed by atoms with Crippen molar-refractivity contribution >= 4 is 5.91 Å². The molecule has 132 valence electrons. The second kappa shape index (κ2) is 7.92. The average Bonchev–Trinajstić information content (AvgIpc) is 2.68. The molecule has 1 fully saturated rings. The number of para-hydroxylation sites is 1. The summed E-state index contributed by atoms with van der Waals surface area (Å²) in [5.74, 6) is 2.08. The third-order valence-electron chi connectivity index (χ3n) is 4.41. The van der Waals surface area contributed by atoms with Crippen LogP contribution in [0, 0.1) is 0 Å². The van der Waals surface area contributed by atoms with Crippen molar-refractivity contribution in [1.29, 1.82) is 0 Å². The first-order chi connectivity index (χ1) is 12.2. The van der Waals surface area contributed by atoms with Crippen molar-refractivity contribution in [2.24, 2.45) is 0 Å². The summed E-state index contributed by atoms with van der Waals surface area (Å²) in [6.45, 7) is 1.37. The predicted molar refractivity (Wildman–Crippen MR) is 95.5 cm³/mol. The molecule has 5 heteroatoms. The zero-order valence-electron chi connectivity index (χ0n) is 14.6. The first-order valence-corrected chi connectivity index (χ1v) is 8.44. The van der Waals surface area contributed by atoms with Crippen molar-refractivity contribution in [3.63, 3.8) is 0 Å². The monoisotopic (exact) mass is 341 g/mol. The largest absolute Gasteiger partial charge is 0.493 e. The molecular weight excluding hydrogens is 318 g/mol. The molecule has 0 atom stereocenters. The summed E-state index contributed by atoms with van der Waals surface area (Å²) in [6.07, 6.45) is 1.80. The molecule has 0 aromatic heterocycles. The summed E-state index contributed by atoms with van der Waals surface area (Å²) in [6, 6.07) is 15.1. The first-order valence-electron chi connectivity index (χ1n) is 8.44. The second-order valence-electron chi connectivity index (χ2n) is 5.99. The summed E-state index contributed by atoms with van der Waals surface area (Å²) in [7, 11) is 3.15. The Balaban J connectivity index is 1.60. The maximum absolute atomic E-state index is 12.7. The van der Waals surface area contributed by atoms with Gasteiger partial charge in [0.1, 0.15) is 11.9 Å². The molecule has 2 aromatic carbocycles. The van der Waals surface area contributed by atoms with Gasteiger partial charge in [0.25, 0.3) is 5.91 Å². The Morgan fingerprint density at radius 1 is 0.960 bits per heavy atom. The molecule has 1 aliphatic heterocycles. The highest BCUT2D eigenvalue weighted by Gasteiger charge is 2.25. The maximum Gasteiger partial charge on any atom is 0.253 e. The van der Waals surface area contributed by atoms with Crippen molar-refractivity contribution in [2.45, 2.75) is 18.9 Å². The van der Waals surface area contributed by atoms with E-state index in [1.54, 1.807) is 32.4 Å². The molecule has 2 aromatic rings. The molecule has 5 nitrogen and oxygen atoms in total. The van der Waals surface area contributed by atoms with Gasteiger partial charge in [0.15, 0.2) is 11.5 Å². The van der Waals surface area contributed by atoms with Crippen molar-refractivity contribution in [3.8, 4) is 17.2 Å². The lowest BCUT2D eigenvalue weighted by atomic mass is 10.1. The van der Waals surface area contributed by atoms with E-state index in [-0.39, 0.29) is 12.0 Å². The number of methoxy groups -OCH3 is 2. The van der Waals surface area contributed by atoms with Gasteiger partial charge in [-0.1, -0.05) is 18.2 Å². The molecular formula is C20H23NO4. The average molecular weight is 341 g/mol. The second-order valence-corrected chi connectivity index (χ2v) is 5.99. The Morgan fingerprint density at radius 3 is 2.28 bits per heavy atom. The lowest BCUT2D eigenvalue weighted by Crippen LogP contribution is -2.41. The quantitative estimate of drug-likeness (QED) is 0.836. The van der Waals surface area contributed by atoms with Crippen LogP contribution >= 0.6 is 0 Å². The van der Waals surface area contributed by atoms with Gasteiger partial charge in [-0.3, -0.25) is 4.79 Å². The molecule has 3 rings (SSSR count). The first kappa shape index (κ1) is 17.1. The number of ether oxygens (including phenoxy) is 3. The number of rotatable bonds is 5. The normalized spacial score (nSPS) is 14.9. The smallest absolute Gasteiger partial charge is 0.253 e. The number of carbonyl (C=O) groups excluding carboxylic acids is 1. The van der Waals surface area contributed by atoms with E-state index in [2.05, 4.69) is 0 Å². The van der Waals surface area contributed by atoms with E-state index in [9.17, 15) is 4.79 Å². The minimum absolute atomic E-state index is 0.0131. The number of nitrogens with zero attached hydrogens (tertiary/aromatic N) is 1. The molecule has 0 aliphatic carbocycles. The summed E-state index contributed by atoms with van der Waals surface area (Å²) in [5, 5.41) is 0. The summed E-state index contributed by atoms with van der Waals surface area (Å²) >= 11 is 0. The van der Waals surface area contributed by atoms with E-state index in [4.69, 9.17) is 14.2 Å². The molecule has 25 heavy (non-hydrogen) atoms. The molecule has 1 aliphatic rings. The molecule has 0 bridgehead atoms. The topological polar surface area (TPSA) is 48.0 Å². The van der Waals surface area contributed by atoms with Crippen LogP contribution in [0.2, 0.25) is 0 Å². The summed E-state index contributed by atoms with van der Waals surface area (Å²) < 4.78 is 16.5. The SMILES string of the molecule is COc1ccc(C(=O)N2CCC(Oc3ccccc3)CC2)cc1OC. The fraction of sp³-hybridized carbons (Fsp3) is 0.350. The van der Waals surface area contributed by atoms with Gasteiger partial charge in [0, 0.05) is 31.5 Å². The van der Waals surface area contributed by atoms with Crippen molar-refractivity contribution in [2.75, 3.05) is 27.3 Å². The van der Waals surface area contributed by atoms with Crippen molar-refractivity contribution in [1.82, 2.24) is 4.90 Å². The molecule has 0 radical (unpaired) electrons.